The first-order valence-corrected chi connectivity index (χ1v) is 17.5. The second-order valence-corrected chi connectivity index (χ2v) is 13.8. The van der Waals surface area contributed by atoms with Gasteiger partial charge in [-0.05, 0) is 50.9 Å². The van der Waals surface area contributed by atoms with E-state index in [-0.39, 0.29) is 54.4 Å². The maximum atomic E-state index is 13.4. The van der Waals surface area contributed by atoms with Crippen molar-refractivity contribution in [3.8, 4) is 0 Å². The van der Waals surface area contributed by atoms with Crippen LogP contribution in [0.4, 0.5) is 0 Å². The molecule has 1 heterocycles. The fourth-order valence-corrected chi connectivity index (χ4v) is 6.97. The molecule has 266 valence electrons. The van der Waals surface area contributed by atoms with Crippen molar-refractivity contribution in [2.45, 2.75) is 149 Å². The van der Waals surface area contributed by atoms with Gasteiger partial charge >= 0.3 is 0 Å². The Bertz CT molecular complexity index is 979. The minimum atomic E-state index is -0.895. The predicted molar refractivity (Wildman–Crippen MR) is 180 cm³/mol. The largest absolute Gasteiger partial charge is 0.390 e. The fourth-order valence-electron chi connectivity index (χ4n) is 6.97. The van der Waals surface area contributed by atoms with Crippen LogP contribution in [0.25, 0.3) is 0 Å². The first-order valence-electron chi connectivity index (χ1n) is 17.5. The lowest BCUT2D eigenvalue weighted by Gasteiger charge is -2.39. The van der Waals surface area contributed by atoms with E-state index in [1.54, 1.807) is 21.1 Å². The minimum Gasteiger partial charge on any atom is -0.390 e. The van der Waals surface area contributed by atoms with Gasteiger partial charge in [0.1, 0.15) is 12.3 Å². The molecule has 1 aliphatic carbocycles. The molecular formula is C35H64N4O7. The number of carbonyl (C=O) groups is 3. The summed E-state index contributed by atoms with van der Waals surface area (Å²) in [4.78, 5) is 41.0. The number of likely N-dealkylation sites (tertiary alicyclic amines) is 1. The Morgan fingerprint density at radius 2 is 1.63 bits per heavy atom. The van der Waals surface area contributed by atoms with E-state index in [2.05, 4.69) is 22.0 Å². The first-order chi connectivity index (χ1) is 21.8. The van der Waals surface area contributed by atoms with Crippen molar-refractivity contribution in [3.05, 3.63) is 12.2 Å². The third-order valence-electron chi connectivity index (χ3n) is 10.2. The topological polar surface area (TPSA) is 149 Å². The van der Waals surface area contributed by atoms with Gasteiger partial charge in [0.2, 0.25) is 17.7 Å². The number of ether oxygens (including phenoxy) is 2. The molecule has 11 heteroatoms. The van der Waals surface area contributed by atoms with Crippen LogP contribution >= 0.6 is 0 Å². The molecule has 11 nitrogen and oxygen atoms in total. The molecule has 0 bridgehead atoms. The van der Waals surface area contributed by atoms with E-state index in [0.29, 0.717) is 6.54 Å². The van der Waals surface area contributed by atoms with Crippen molar-refractivity contribution in [2.75, 3.05) is 20.8 Å². The Morgan fingerprint density at radius 1 is 0.935 bits per heavy atom. The molecule has 1 aliphatic heterocycles. The number of nitrogens with zero attached hydrogens (tertiary/aromatic N) is 1. The zero-order valence-electron chi connectivity index (χ0n) is 29.8. The second-order valence-electron chi connectivity index (χ2n) is 13.8. The van der Waals surface area contributed by atoms with E-state index in [9.17, 15) is 24.6 Å². The van der Waals surface area contributed by atoms with Crippen molar-refractivity contribution in [2.24, 2.45) is 23.7 Å². The highest BCUT2D eigenvalue weighted by Crippen LogP contribution is 2.30. The van der Waals surface area contributed by atoms with Gasteiger partial charge < -0.3 is 35.6 Å². The third kappa shape index (κ3) is 11.0. The number of aliphatic hydroxyl groups excluding tert-OH is 2. The number of amides is 3. The highest BCUT2D eigenvalue weighted by Gasteiger charge is 2.42. The summed E-state index contributed by atoms with van der Waals surface area (Å²) in [6, 6.07) is -1.69. The van der Waals surface area contributed by atoms with Crippen molar-refractivity contribution in [3.63, 3.8) is 0 Å². The number of aliphatic hydroxyl groups is 2. The zero-order valence-corrected chi connectivity index (χ0v) is 29.8. The summed E-state index contributed by atoms with van der Waals surface area (Å²) in [6.07, 6.45) is 7.48. The number of methoxy groups -OCH3 is 2. The molecule has 3 amide bonds. The van der Waals surface area contributed by atoms with Gasteiger partial charge in [-0.3, -0.25) is 19.3 Å². The molecule has 1 saturated heterocycles. The van der Waals surface area contributed by atoms with Crippen LogP contribution in [0.15, 0.2) is 12.2 Å². The van der Waals surface area contributed by atoms with Crippen molar-refractivity contribution < 1.29 is 34.1 Å². The highest BCUT2D eigenvalue weighted by atomic mass is 16.5. The molecule has 2 aliphatic rings. The lowest BCUT2D eigenvalue weighted by Crippen LogP contribution is -2.58. The number of hydrogen-bond donors (Lipinski definition) is 5. The number of hydrogen-bond acceptors (Lipinski definition) is 8. The Morgan fingerprint density at radius 3 is 2.17 bits per heavy atom. The molecular weight excluding hydrogens is 588 g/mol. The molecule has 5 N–H and O–H groups in total. The smallest absolute Gasteiger partial charge is 0.243 e. The summed E-state index contributed by atoms with van der Waals surface area (Å²) in [7, 11) is 3.18. The summed E-state index contributed by atoms with van der Waals surface area (Å²) in [6.45, 7) is 13.9. The van der Waals surface area contributed by atoms with E-state index in [1.807, 2.05) is 52.5 Å². The molecule has 0 spiro atoms. The number of rotatable bonds is 19. The van der Waals surface area contributed by atoms with E-state index >= 15 is 0 Å². The summed E-state index contributed by atoms with van der Waals surface area (Å²) in [5.74, 6) is -1.19. The van der Waals surface area contributed by atoms with E-state index in [1.165, 1.54) is 0 Å². The zero-order chi connectivity index (χ0) is 34.6. The Hall–Kier alpha value is -2.05. The monoisotopic (exact) mass is 652 g/mol. The lowest BCUT2D eigenvalue weighted by atomic mass is 9.87. The molecule has 0 aromatic rings. The Kier molecular flexibility index (Phi) is 17.2. The molecule has 0 aromatic carbocycles. The van der Waals surface area contributed by atoms with E-state index in [0.717, 1.165) is 38.5 Å². The standard InChI is InChI=1S/C35H64N4O7/c1-10-22(5)31(38-35(44)30(21(3)4)37-28(40)11-2)27(45-8)20-29(41)39-19-15-18-26(39)33(46-9)23(6)34(43)36-24(7)32(42)25-16-13-12-14-17-25/h13,16,21-27,29-33,41-42H,10-12,14-15,17-20H2,1-9H3,(H,36,43)(H,37,40)(H,38,44)/t22?,23?,24-,25?,26+,27?,29?,30+,31+,32?,33?/m1/s1. The van der Waals surface area contributed by atoms with Crippen molar-refractivity contribution in [1.82, 2.24) is 20.9 Å². The molecule has 11 atom stereocenters. The van der Waals surface area contributed by atoms with Gasteiger partial charge in [-0.2, -0.15) is 0 Å². The normalized spacial score (nSPS) is 24.7. The lowest BCUT2D eigenvalue weighted by molar-refractivity contribution is -0.136. The number of carbonyl (C=O) groups excluding carboxylic acids is 3. The first kappa shape index (κ1) is 40.1. The van der Waals surface area contributed by atoms with Crippen LogP contribution in [0.2, 0.25) is 0 Å². The molecule has 0 saturated carbocycles. The maximum absolute atomic E-state index is 13.4. The Labute approximate surface area is 277 Å². The molecule has 2 rings (SSSR count). The van der Waals surface area contributed by atoms with Gasteiger partial charge in [-0.1, -0.05) is 60.1 Å². The minimum absolute atomic E-state index is 0.0298. The SMILES string of the molecule is CCC(=O)N[C@H](C(=O)N[C@@H](C(C)CC)C(CC(O)N1CCC[C@H]1C(OC)C(C)C(=O)N[C@H](C)C(O)C1C=CCCC1)OC)C(C)C. The summed E-state index contributed by atoms with van der Waals surface area (Å²) in [5.41, 5.74) is 0. The van der Waals surface area contributed by atoms with Crippen LogP contribution in [0.5, 0.6) is 0 Å². The Balaban J connectivity index is 2.14. The summed E-state index contributed by atoms with van der Waals surface area (Å²) in [5, 5.41) is 31.5. The van der Waals surface area contributed by atoms with Crippen LogP contribution in [0.1, 0.15) is 99.8 Å². The second kappa shape index (κ2) is 19.7. The van der Waals surface area contributed by atoms with E-state index < -0.39 is 48.6 Å². The molecule has 7 unspecified atom stereocenters. The van der Waals surface area contributed by atoms with E-state index in [4.69, 9.17) is 9.47 Å². The van der Waals surface area contributed by atoms with Crippen molar-refractivity contribution >= 4 is 17.7 Å². The number of allylic oxidation sites excluding steroid dienone is 1. The summed E-state index contributed by atoms with van der Waals surface area (Å²) >= 11 is 0. The molecule has 0 radical (unpaired) electrons. The van der Waals surface area contributed by atoms with Gasteiger partial charge in [0.25, 0.3) is 0 Å². The average molecular weight is 653 g/mol. The highest BCUT2D eigenvalue weighted by molar-refractivity contribution is 5.88. The fraction of sp³-hybridized carbons (Fsp3) is 0.857. The van der Waals surface area contributed by atoms with Gasteiger partial charge in [0, 0.05) is 45.6 Å². The van der Waals surface area contributed by atoms with Crippen LogP contribution in [0, 0.1) is 23.7 Å². The van der Waals surface area contributed by atoms with Gasteiger partial charge in [0.15, 0.2) is 0 Å². The average Bonchev–Trinajstić information content (AvgIpc) is 3.54. The van der Waals surface area contributed by atoms with Crippen LogP contribution in [-0.2, 0) is 23.9 Å². The third-order valence-corrected chi connectivity index (χ3v) is 10.2. The van der Waals surface area contributed by atoms with Crippen LogP contribution in [-0.4, -0.2) is 102 Å². The number of nitrogens with one attached hydrogen (secondary N) is 3. The van der Waals surface area contributed by atoms with Gasteiger partial charge in [0.05, 0.1) is 36.3 Å². The molecule has 0 aromatic heterocycles. The van der Waals surface area contributed by atoms with Crippen molar-refractivity contribution in [1.29, 1.82) is 0 Å². The van der Waals surface area contributed by atoms with Crippen LogP contribution in [0.3, 0.4) is 0 Å². The summed E-state index contributed by atoms with van der Waals surface area (Å²) < 4.78 is 11.8. The van der Waals surface area contributed by atoms with Crippen LogP contribution < -0.4 is 16.0 Å². The van der Waals surface area contributed by atoms with Gasteiger partial charge in [-0.25, -0.2) is 0 Å². The predicted octanol–water partition coefficient (Wildman–Crippen LogP) is 3.13. The molecule has 46 heavy (non-hydrogen) atoms. The quantitative estimate of drug-likeness (QED) is 0.134. The van der Waals surface area contributed by atoms with Gasteiger partial charge in [-0.15, -0.1) is 0 Å². The molecule has 1 fully saturated rings. The maximum Gasteiger partial charge on any atom is 0.243 e.